The lowest BCUT2D eigenvalue weighted by atomic mass is 9.89. The summed E-state index contributed by atoms with van der Waals surface area (Å²) in [6.07, 6.45) is 4.28. The van der Waals surface area contributed by atoms with E-state index in [2.05, 4.69) is 34.2 Å². The molecule has 2 N–H and O–H groups in total. The summed E-state index contributed by atoms with van der Waals surface area (Å²) >= 11 is 6.47. The Morgan fingerprint density at radius 1 is 1.28 bits per heavy atom. The second kappa shape index (κ2) is 7.98. The van der Waals surface area contributed by atoms with E-state index in [1.54, 1.807) is 51.2 Å². The van der Waals surface area contributed by atoms with Gasteiger partial charge in [0.25, 0.3) is 0 Å². The second-order valence-corrected chi connectivity index (χ2v) is 10.2. The zero-order valence-corrected chi connectivity index (χ0v) is 19.7. The molecule has 0 spiro atoms. The van der Waals surface area contributed by atoms with Crippen molar-refractivity contribution in [3.05, 3.63) is 58.8 Å². The molecule has 1 unspecified atom stereocenters. The van der Waals surface area contributed by atoms with Crippen LogP contribution in [0.25, 0.3) is 11.1 Å². The number of aliphatic hydroxyl groups is 1. The van der Waals surface area contributed by atoms with E-state index in [-0.39, 0.29) is 11.3 Å². The number of hydrogen-bond acceptors (Lipinski definition) is 5. The van der Waals surface area contributed by atoms with Gasteiger partial charge in [0.15, 0.2) is 0 Å². The maximum absolute atomic E-state index is 12.9. The third-order valence-electron chi connectivity index (χ3n) is 5.80. The Hall–Kier alpha value is -2.77. The molecule has 0 saturated heterocycles. The number of amides is 1. The van der Waals surface area contributed by atoms with Gasteiger partial charge in [-0.1, -0.05) is 31.5 Å². The highest BCUT2D eigenvalue weighted by atomic mass is 35.5. The first-order valence-electron chi connectivity index (χ1n) is 10.7. The molecule has 0 aliphatic carbocycles. The minimum absolute atomic E-state index is 0.148. The smallest absolute Gasteiger partial charge is 0.234 e. The van der Waals surface area contributed by atoms with Crippen molar-refractivity contribution in [2.24, 2.45) is 5.41 Å². The van der Waals surface area contributed by atoms with Crippen LogP contribution in [0.3, 0.4) is 0 Å². The number of pyridine rings is 2. The molecule has 3 aromatic heterocycles. The molecule has 0 bridgehead atoms. The van der Waals surface area contributed by atoms with Crippen LogP contribution in [-0.4, -0.2) is 30.8 Å². The van der Waals surface area contributed by atoms with Gasteiger partial charge in [-0.2, -0.15) is 5.10 Å². The van der Waals surface area contributed by atoms with E-state index >= 15 is 0 Å². The predicted octanol–water partition coefficient (Wildman–Crippen LogP) is 4.55. The summed E-state index contributed by atoms with van der Waals surface area (Å²) in [5, 5.41) is 18.1. The van der Waals surface area contributed by atoms with Crippen molar-refractivity contribution in [3.63, 3.8) is 0 Å². The summed E-state index contributed by atoms with van der Waals surface area (Å²) in [6.45, 7) is 10.4. The molecule has 168 valence electrons. The summed E-state index contributed by atoms with van der Waals surface area (Å²) in [4.78, 5) is 21.7. The number of fused-ring (bicyclic) bond motifs is 1. The zero-order valence-electron chi connectivity index (χ0n) is 19.0. The molecular weight excluding hydrogens is 426 g/mol. The number of halogens is 1. The van der Waals surface area contributed by atoms with E-state index in [1.807, 2.05) is 10.9 Å². The Morgan fingerprint density at radius 3 is 2.75 bits per heavy atom. The third kappa shape index (κ3) is 4.40. The van der Waals surface area contributed by atoms with Gasteiger partial charge in [0.2, 0.25) is 5.91 Å². The van der Waals surface area contributed by atoms with Crippen molar-refractivity contribution in [1.29, 1.82) is 0 Å². The van der Waals surface area contributed by atoms with Gasteiger partial charge in [0, 0.05) is 29.6 Å². The highest BCUT2D eigenvalue weighted by molar-refractivity contribution is 6.33. The molecule has 4 rings (SSSR count). The summed E-state index contributed by atoms with van der Waals surface area (Å²) in [5.41, 5.74) is 3.06. The van der Waals surface area contributed by atoms with Crippen LogP contribution in [0.5, 0.6) is 0 Å². The number of rotatable bonds is 5. The fourth-order valence-electron chi connectivity index (χ4n) is 3.99. The molecule has 1 aliphatic rings. The average molecular weight is 454 g/mol. The van der Waals surface area contributed by atoms with Crippen LogP contribution in [0.1, 0.15) is 57.6 Å². The normalized spacial score (nSPS) is 16.0. The molecule has 7 nitrogen and oxygen atoms in total. The van der Waals surface area contributed by atoms with Crippen molar-refractivity contribution in [3.8, 4) is 11.1 Å². The summed E-state index contributed by atoms with van der Waals surface area (Å²) in [7, 11) is 0. The van der Waals surface area contributed by atoms with Gasteiger partial charge < -0.3 is 10.4 Å². The standard InChI is InChI=1S/C24H28ClN5O2/c1-14(18-7-6-8-20(28-18)24(4,5)32)22(31)29-21-9-15(17(25)12-26-21)16-11-27-30-13-23(2,3)10-19(16)30/h6-9,11-12,14,32H,10,13H2,1-5H3,(H,26,29,31). The van der Waals surface area contributed by atoms with Gasteiger partial charge in [-0.15, -0.1) is 0 Å². The molecule has 1 aliphatic heterocycles. The first kappa shape index (κ1) is 22.4. The Kier molecular flexibility index (Phi) is 5.59. The first-order valence-corrected chi connectivity index (χ1v) is 11.0. The summed E-state index contributed by atoms with van der Waals surface area (Å²) in [5.74, 6) is -0.357. The van der Waals surface area contributed by atoms with Gasteiger partial charge in [-0.05, 0) is 50.8 Å². The van der Waals surface area contributed by atoms with Crippen molar-refractivity contribution < 1.29 is 9.90 Å². The monoisotopic (exact) mass is 453 g/mol. The van der Waals surface area contributed by atoms with E-state index < -0.39 is 11.5 Å². The van der Waals surface area contributed by atoms with Gasteiger partial charge in [-0.25, -0.2) is 4.98 Å². The third-order valence-corrected chi connectivity index (χ3v) is 6.10. The van der Waals surface area contributed by atoms with Crippen LogP contribution in [-0.2, 0) is 23.4 Å². The number of anilines is 1. The van der Waals surface area contributed by atoms with Crippen molar-refractivity contribution in [1.82, 2.24) is 19.7 Å². The van der Waals surface area contributed by atoms with E-state index in [0.717, 1.165) is 29.8 Å². The van der Waals surface area contributed by atoms with E-state index in [0.29, 0.717) is 22.2 Å². The first-order chi connectivity index (χ1) is 14.9. The van der Waals surface area contributed by atoms with Crippen LogP contribution < -0.4 is 5.32 Å². The number of nitrogens with one attached hydrogen (secondary N) is 1. The lowest BCUT2D eigenvalue weighted by molar-refractivity contribution is -0.117. The van der Waals surface area contributed by atoms with Gasteiger partial charge in [0.1, 0.15) is 11.4 Å². The molecule has 3 aromatic rings. The van der Waals surface area contributed by atoms with Gasteiger partial charge in [0.05, 0.1) is 28.5 Å². The van der Waals surface area contributed by atoms with Crippen molar-refractivity contribution >= 4 is 23.3 Å². The number of carbonyl (C=O) groups excluding carboxylic acids is 1. The Bertz CT molecular complexity index is 1180. The lowest BCUT2D eigenvalue weighted by Crippen LogP contribution is -2.23. The molecule has 1 amide bonds. The van der Waals surface area contributed by atoms with Crippen LogP contribution >= 0.6 is 11.6 Å². The molecular formula is C24H28ClN5O2. The average Bonchev–Trinajstić information content (AvgIpc) is 3.23. The molecule has 1 atom stereocenters. The summed E-state index contributed by atoms with van der Waals surface area (Å²) < 4.78 is 2.02. The highest BCUT2D eigenvalue weighted by Gasteiger charge is 2.32. The minimum Gasteiger partial charge on any atom is -0.384 e. The molecule has 4 heterocycles. The Balaban J connectivity index is 1.57. The van der Waals surface area contributed by atoms with Crippen LogP contribution in [0.4, 0.5) is 5.82 Å². The second-order valence-electron chi connectivity index (χ2n) is 9.77. The molecule has 0 saturated carbocycles. The summed E-state index contributed by atoms with van der Waals surface area (Å²) in [6, 6.07) is 7.10. The highest BCUT2D eigenvalue weighted by Crippen LogP contribution is 2.39. The van der Waals surface area contributed by atoms with E-state index in [9.17, 15) is 9.90 Å². The fourth-order valence-corrected chi connectivity index (χ4v) is 4.19. The van der Waals surface area contributed by atoms with Crippen LogP contribution in [0, 0.1) is 5.41 Å². The molecule has 0 radical (unpaired) electrons. The lowest BCUT2D eigenvalue weighted by Gasteiger charge is -2.19. The minimum atomic E-state index is -1.08. The van der Waals surface area contributed by atoms with Crippen LogP contribution in [0.2, 0.25) is 5.02 Å². The SMILES string of the molecule is CC(C(=O)Nc1cc(-c2cnn3c2CC(C)(C)C3)c(Cl)cn1)c1cccc(C(C)(C)O)n1. The van der Waals surface area contributed by atoms with Gasteiger partial charge >= 0.3 is 0 Å². The predicted molar refractivity (Wildman–Crippen MR) is 124 cm³/mol. The van der Waals surface area contributed by atoms with Gasteiger partial charge in [-0.3, -0.25) is 14.5 Å². The van der Waals surface area contributed by atoms with Crippen molar-refractivity contribution in [2.45, 2.75) is 59.1 Å². The molecule has 0 fully saturated rings. The Labute approximate surface area is 192 Å². The van der Waals surface area contributed by atoms with Crippen molar-refractivity contribution in [2.75, 3.05) is 5.32 Å². The topological polar surface area (TPSA) is 92.9 Å². The van der Waals surface area contributed by atoms with E-state index in [4.69, 9.17) is 11.6 Å². The number of carbonyl (C=O) groups is 1. The van der Waals surface area contributed by atoms with Crippen LogP contribution in [0.15, 0.2) is 36.7 Å². The number of hydrogen-bond donors (Lipinski definition) is 2. The Morgan fingerprint density at radius 2 is 2.03 bits per heavy atom. The quantitative estimate of drug-likeness (QED) is 0.591. The maximum Gasteiger partial charge on any atom is 0.234 e. The van der Waals surface area contributed by atoms with E-state index in [1.165, 1.54) is 0 Å². The largest absolute Gasteiger partial charge is 0.384 e. The molecule has 32 heavy (non-hydrogen) atoms. The molecule has 0 aromatic carbocycles. The fraction of sp³-hybridized carbons (Fsp3) is 0.417. The number of aromatic nitrogens is 4. The molecule has 8 heteroatoms. The zero-order chi connectivity index (χ0) is 23.3. The maximum atomic E-state index is 12.9. The number of nitrogens with zero attached hydrogens (tertiary/aromatic N) is 4.